The van der Waals surface area contributed by atoms with Crippen LogP contribution in [0.5, 0.6) is 0 Å². The lowest BCUT2D eigenvalue weighted by atomic mass is 10.1. The predicted octanol–water partition coefficient (Wildman–Crippen LogP) is 3.13. The molecule has 2 aliphatic heterocycles. The van der Waals surface area contributed by atoms with Gasteiger partial charge in [0.1, 0.15) is 16.5 Å². The highest BCUT2D eigenvalue weighted by Crippen LogP contribution is 2.36. The van der Waals surface area contributed by atoms with Crippen LogP contribution < -0.4 is 4.90 Å². The Balaban J connectivity index is 1.72. The number of hydrogen-bond donors (Lipinski definition) is 0. The lowest BCUT2D eigenvalue weighted by molar-refractivity contribution is 0.0331. The first kappa shape index (κ1) is 16.2. The molecule has 2 aromatic heterocycles. The van der Waals surface area contributed by atoms with Crippen LogP contribution in [0.1, 0.15) is 35.5 Å². The molecule has 2 saturated heterocycles. The van der Waals surface area contributed by atoms with Crippen LogP contribution in [-0.2, 0) is 11.3 Å². The summed E-state index contributed by atoms with van der Waals surface area (Å²) in [7, 11) is 0. The Hall–Kier alpha value is -1.24. The van der Waals surface area contributed by atoms with Crippen molar-refractivity contribution in [2.24, 2.45) is 0 Å². The van der Waals surface area contributed by atoms with E-state index in [9.17, 15) is 0 Å². The number of aryl methyl sites for hydroxylation is 2. The van der Waals surface area contributed by atoms with Crippen LogP contribution in [0.4, 0.5) is 5.82 Å². The van der Waals surface area contributed by atoms with Gasteiger partial charge in [0.2, 0.25) is 0 Å². The molecule has 0 radical (unpaired) electrons. The SMILES string of the molecule is Cc1sc2nc(CN3CCOCC3)nc(N3CCCCC3)c2c1C. The summed E-state index contributed by atoms with van der Waals surface area (Å²) in [4.78, 5) is 17.3. The fourth-order valence-corrected chi connectivity index (χ4v) is 4.68. The van der Waals surface area contributed by atoms with E-state index in [4.69, 9.17) is 14.7 Å². The minimum atomic E-state index is 0.818. The molecule has 0 atom stereocenters. The van der Waals surface area contributed by atoms with Crippen molar-refractivity contribution >= 4 is 27.4 Å². The number of anilines is 1. The van der Waals surface area contributed by atoms with Crippen LogP contribution in [0.15, 0.2) is 0 Å². The average Bonchev–Trinajstić information content (AvgIpc) is 2.90. The Morgan fingerprint density at radius 3 is 2.50 bits per heavy atom. The zero-order valence-electron chi connectivity index (χ0n) is 14.7. The third kappa shape index (κ3) is 3.15. The van der Waals surface area contributed by atoms with Gasteiger partial charge in [0.05, 0.1) is 25.1 Å². The molecule has 0 bridgehead atoms. The molecule has 2 fully saturated rings. The Morgan fingerprint density at radius 2 is 1.75 bits per heavy atom. The first-order valence-corrected chi connectivity index (χ1v) is 9.85. The van der Waals surface area contributed by atoms with E-state index in [-0.39, 0.29) is 0 Å². The van der Waals surface area contributed by atoms with Crippen molar-refractivity contribution in [3.8, 4) is 0 Å². The van der Waals surface area contributed by atoms with Gasteiger partial charge in [0, 0.05) is 31.1 Å². The van der Waals surface area contributed by atoms with E-state index in [1.165, 1.54) is 40.9 Å². The first-order valence-electron chi connectivity index (χ1n) is 9.04. The van der Waals surface area contributed by atoms with E-state index in [2.05, 4.69) is 23.6 Å². The molecule has 5 nitrogen and oxygen atoms in total. The van der Waals surface area contributed by atoms with Crippen molar-refractivity contribution < 1.29 is 4.74 Å². The molecule has 0 N–H and O–H groups in total. The third-order valence-electron chi connectivity index (χ3n) is 5.18. The fraction of sp³-hybridized carbons (Fsp3) is 0.667. The van der Waals surface area contributed by atoms with E-state index in [1.807, 2.05) is 11.3 Å². The van der Waals surface area contributed by atoms with Crippen molar-refractivity contribution in [1.29, 1.82) is 0 Å². The molecule has 130 valence electrons. The number of hydrogen-bond acceptors (Lipinski definition) is 6. The maximum atomic E-state index is 5.46. The van der Waals surface area contributed by atoms with Gasteiger partial charge in [-0.1, -0.05) is 0 Å². The molecule has 24 heavy (non-hydrogen) atoms. The molecule has 0 aromatic carbocycles. The average molecular weight is 347 g/mol. The largest absolute Gasteiger partial charge is 0.379 e. The van der Waals surface area contributed by atoms with Gasteiger partial charge >= 0.3 is 0 Å². The molecule has 0 spiro atoms. The summed E-state index contributed by atoms with van der Waals surface area (Å²) in [6, 6.07) is 0. The van der Waals surface area contributed by atoms with Gasteiger partial charge in [-0.3, -0.25) is 4.90 Å². The molecule has 2 aromatic rings. The van der Waals surface area contributed by atoms with Gasteiger partial charge in [-0.25, -0.2) is 9.97 Å². The zero-order chi connectivity index (χ0) is 16.5. The normalized spacial score (nSPS) is 20.0. The van der Waals surface area contributed by atoms with Gasteiger partial charge in [0.15, 0.2) is 0 Å². The van der Waals surface area contributed by atoms with Gasteiger partial charge in [0.25, 0.3) is 0 Å². The number of morpholine rings is 1. The summed E-state index contributed by atoms with van der Waals surface area (Å²) in [6.45, 7) is 11.1. The second-order valence-corrected chi connectivity index (χ2v) is 8.07. The lowest BCUT2D eigenvalue weighted by Crippen LogP contribution is -2.36. The molecule has 2 aliphatic rings. The monoisotopic (exact) mass is 346 g/mol. The molecular formula is C18H26N4OS. The van der Waals surface area contributed by atoms with Crippen LogP contribution in [0.25, 0.3) is 10.2 Å². The quantitative estimate of drug-likeness (QED) is 0.854. The number of fused-ring (bicyclic) bond motifs is 1. The van der Waals surface area contributed by atoms with E-state index in [0.29, 0.717) is 0 Å². The number of rotatable bonds is 3. The summed E-state index contributed by atoms with van der Waals surface area (Å²) in [5.41, 5.74) is 1.36. The zero-order valence-corrected chi connectivity index (χ0v) is 15.5. The van der Waals surface area contributed by atoms with Crippen molar-refractivity contribution in [3.63, 3.8) is 0 Å². The number of ether oxygens (including phenoxy) is 1. The highest BCUT2D eigenvalue weighted by atomic mass is 32.1. The third-order valence-corrected chi connectivity index (χ3v) is 6.28. The molecule has 0 amide bonds. The summed E-state index contributed by atoms with van der Waals surface area (Å²) in [5, 5.41) is 1.28. The number of thiophene rings is 1. The van der Waals surface area contributed by atoms with Gasteiger partial charge in [-0.05, 0) is 38.7 Å². The molecule has 0 unspecified atom stereocenters. The lowest BCUT2D eigenvalue weighted by Gasteiger charge is -2.29. The van der Waals surface area contributed by atoms with Gasteiger partial charge in [-0.2, -0.15) is 0 Å². The van der Waals surface area contributed by atoms with Crippen LogP contribution >= 0.6 is 11.3 Å². The highest BCUT2D eigenvalue weighted by molar-refractivity contribution is 7.18. The maximum absolute atomic E-state index is 5.46. The molecule has 0 aliphatic carbocycles. The van der Waals surface area contributed by atoms with E-state index in [1.54, 1.807) is 0 Å². The second-order valence-electron chi connectivity index (χ2n) is 6.86. The van der Waals surface area contributed by atoms with Crippen molar-refractivity contribution in [2.45, 2.75) is 39.7 Å². The van der Waals surface area contributed by atoms with Gasteiger partial charge in [-0.15, -0.1) is 11.3 Å². The predicted molar refractivity (Wildman–Crippen MR) is 99.0 cm³/mol. The minimum Gasteiger partial charge on any atom is -0.379 e. The minimum absolute atomic E-state index is 0.818. The molecule has 0 saturated carbocycles. The second kappa shape index (κ2) is 6.94. The van der Waals surface area contributed by atoms with Crippen molar-refractivity contribution in [3.05, 3.63) is 16.3 Å². The Labute approximate surface area is 147 Å². The van der Waals surface area contributed by atoms with E-state index < -0.39 is 0 Å². The number of piperidine rings is 1. The van der Waals surface area contributed by atoms with Crippen molar-refractivity contribution in [2.75, 3.05) is 44.3 Å². The molecular weight excluding hydrogens is 320 g/mol. The smallest absolute Gasteiger partial charge is 0.146 e. The number of nitrogens with zero attached hydrogens (tertiary/aromatic N) is 4. The first-order chi connectivity index (χ1) is 11.7. The Bertz CT molecular complexity index is 717. The highest BCUT2D eigenvalue weighted by Gasteiger charge is 2.22. The van der Waals surface area contributed by atoms with Crippen LogP contribution in [0, 0.1) is 13.8 Å². The fourth-order valence-electron chi connectivity index (χ4n) is 3.64. The van der Waals surface area contributed by atoms with Crippen LogP contribution in [-0.4, -0.2) is 54.3 Å². The Kier molecular flexibility index (Phi) is 4.70. The van der Waals surface area contributed by atoms with Gasteiger partial charge < -0.3 is 9.64 Å². The summed E-state index contributed by atoms with van der Waals surface area (Å²) < 4.78 is 5.46. The topological polar surface area (TPSA) is 41.5 Å². The molecule has 4 heterocycles. The van der Waals surface area contributed by atoms with Crippen molar-refractivity contribution in [1.82, 2.24) is 14.9 Å². The number of aromatic nitrogens is 2. The molecule has 4 rings (SSSR count). The maximum Gasteiger partial charge on any atom is 0.146 e. The standard InChI is InChI=1S/C18H26N4OS/c1-13-14(2)24-18-16(13)17(22-6-4-3-5-7-22)19-15(20-18)12-21-8-10-23-11-9-21/h3-12H2,1-2H3. The van der Waals surface area contributed by atoms with Crippen LogP contribution in [0.2, 0.25) is 0 Å². The van der Waals surface area contributed by atoms with E-state index >= 15 is 0 Å². The summed E-state index contributed by atoms with van der Waals surface area (Å²) >= 11 is 1.81. The Morgan fingerprint density at radius 1 is 1.00 bits per heavy atom. The summed E-state index contributed by atoms with van der Waals surface area (Å²) in [5.74, 6) is 2.14. The van der Waals surface area contributed by atoms with Crippen LogP contribution in [0.3, 0.4) is 0 Å². The molecule has 6 heteroatoms. The van der Waals surface area contributed by atoms with E-state index in [0.717, 1.165) is 56.6 Å². The summed E-state index contributed by atoms with van der Waals surface area (Å²) in [6.07, 6.45) is 3.88.